The molecule has 0 N–H and O–H groups in total. The Balaban J connectivity index is 1.83. The van der Waals surface area contributed by atoms with Gasteiger partial charge in [-0.25, -0.2) is 23.3 Å². The molecule has 0 aliphatic heterocycles. The number of aliphatic imine (C=N–C) groups is 1. The molecule has 0 spiro atoms. The molecule has 0 fully saturated rings. The molecular formula is C20H14F2N4. The third-order valence-corrected chi connectivity index (χ3v) is 3.87. The molecule has 0 aliphatic rings. The second kappa shape index (κ2) is 6.84. The molecule has 0 bridgehead atoms. The minimum absolute atomic E-state index is 0.301. The Kier molecular flexibility index (Phi) is 4.23. The van der Waals surface area contributed by atoms with Gasteiger partial charge in [0.1, 0.15) is 5.69 Å². The highest BCUT2D eigenvalue weighted by molar-refractivity contribution is 6.13. The van der Waals surface area contributed by atoms with Crippen LogP contribution in [0.1, 0.15) is 23.2 Å². The fraction of sp³-hybridized carbons (Fsp3) is 0.0500. The van der Waals surface area contributed by atoms with Crippen molar-refractivity contribution in [2.75, 3.05) is 0 Å². The summed E-state index contributed by atoms with van der Waals surface area (Å²) in [7, 11) is 0. The molecule has 0 radical (unpaired) electrons. The van der Waals surface area contributed by atoms with Gasteiger partial charge in [0.05, 0.1) is 11.9 Å². The molecular weight excluding hydrogens is 334 g/mol. The molecule has 4 rings (SSSR count). The van der Waals surface area contributed by atoms with Gasteiger partial charge in [-0.2, -0.15) is 0 Å². The van der Waals surface area contributed by atoms with Crippen LogP contribution in [0, 0.1) is 0 Å². The molecule has 0 saturated carbocycles. The van der Waals surface area contributed by atoms with Gasteiger partial charge in [0, 0.05) is 11.1 Å². The smallest absolute Gasteiger partial charge is 0.226 e. The molecule has 128 valence electrons. The van der Waals surface area contributed by atoms with E-state index in [1.807, 2.05) is 60.7 Å². The standard InChI is InChI=1S/C20H14F2N4/c21-20(22)16-13-26-18(23-16)12-11-17(25-26)24-19(14-7-3-1-4-8-14)15-9-5-2-6-10-15/h1-13,20H. The van der Waals surface area contributed by atoms with E-state index < -0.39 is 6.43 Å². The summed E-state index contributed by atoms with van der Waals surface area (Å²) >= 11 is 0. The Bertz CT molecular complexity index is 1020. The summed E-state index contributed by atoms with van der Waals surface area (Å²) in [5.41, 5.74) is 2.71. The summed E-state index contributed by atoms with van der Waals surface area (Å²) in [6, 6.07) is 22.8. The molecule has 4 nitrogen and oxygen atoms in total. The van der Waals surface area contributed by atoms with Crippen molar-refractivity contribution < 1.29 is 8.78 Å². The SMILES string of the molecule is FC(F)c1cn2nc(N=C(c3ccccc3)c3ccccc3)ccc2n1. The van der Waals surface area contributed by atoms with Gasteiger partial charge in [0.2, 0.25) is 0 Å². The van der Waals surface area contributed by atoms with Gasteiger partial charge >= 0.3 is 0 Å². The van der Waals surface area contributed by atoms with E-state index in [1.165, 1.54) is 10.7 Å². The highest BCUT2D eigenvalue weighted by atomic mass is 19.3. The first-order valence-electron chi connectivity index (χ1n) is 8.05. The Morgan fingerprint density at radius 2 is 1.46 bits per heavy atom. The third-order valence-electron chi connectivity index (χ3n) is 3.87. The van der Waals surface area contributed by atoms with Crippen LogP contribution in [0.3, 0.4) is 0 Å². The minimum Gasteiger partial charge on any atom is -0.226 e. The van der Waals surface area contributed by atoms with E-state index in [4.69, 9.17) is 0 Å². The monoisotopic (exact) mass is 348 g/mol. The van der Waals surface area contributed by atoms with E-state index in [0.717, 1.165) is 16.8 Å². The number of fused-ring (bicyclic) bond motifs is 1. The molecule has 26 heavy (non-hydrogen) atoms. The molecule has 2 heterocycles. The number of hydrogen-bond acceptors (Lipinski definition) is 3. The van der Waals surface area contributed by atoms with Crippen molar-refractivity contribution in [1.29, 1.82) is 0 Å². The first-order valence-corrected chi connectivity index (χ1v) is 8.05. The van der Waals surface area contributed by atoms with Crippen LogP contribution in [0.5, 0.6) is 0 Å². The number of aromatic nitrogens is 3. The number of benzene rings is 2. The van der Waals surface area contributed by atoms with Gasteiger partial charge in [-0.1, -0.05) is 60.7 Å². The second-order valence-corrected chi connectivity index (χ2v) is 5.65. The van der Waals surface area contributed by atoms with Crippen LogP contribution in [0.4, 0.5) is 14.6 Å². The first-order chi connectivity index (χ1) is 12.7. The largest absolute Gasteiger partial charge is 0.281 e. The van der Waals surface area contributed by atoms with E-state index >= 15 is 0 Å². The van der Waals surface area contributed by atoms with Crippen molar-refractivity contribution in [3.63, 3.8) is 0 Å². The van der Waals surface area contributed by atoms with Crippen molar-refractivity contribution in [3.05, 3.63) is 95.8 Å². The van der Waals surface area contributed by atoms with Crippen LogP contribution in [0.25, 0.3) is 5.65 Å². The molecule has 2 aromatic carbocycles. The predicted octanol–water partition coefficient (Wildman–Crippen LogP) is 4.84. The van der Waals surface area contributed by atoms with Crippen molar-refractivity contribution in [2.45, 2.75) is 6.43 Å². The van der Waals surface area contributed by atoms with Gasteiger partial charge < -0.3 is 0 Å². The zero-order valence-electron chi connectivity index (χ0n) is 13.6. The Morgan fingerprint density at radius 1 is 0.846 bits per heavy atom. The number of hydrogen-bond donors (Lipinski definition) is 0. The van der Waals surface area contributed by atoms with Crippen LogP contribution >= 0.6 is 0 Å². The fourth-order valence-corrected chi connectivity index (χ4v) is 2.66. The average Bonchev–Trinajstić information content (AvgIpc) is 3.11. The number of halogens is 2. The molecule has 0 saturated heterocycles. The molecule has 2 aromatic heterocycles. The Hall–Kier alpha value is -3.41. The molecule has 4 aromatic rings. The molecule has 0 amide bonds. The normalized spacial score (nSPS) is 11.0. The third kappa shape index (κ3) is 3.21. The van der Waals surface area contributed by atoms with Crippen LogP contribution in [0.2, 0.25) is 0 Å². The van der Waals surface area contributed by atoms with Crippen molar-refractivity contribution in [3.8, 4) is 0 Å². The van der Waals surface area contributed by atoms with E-state index in [-0.39, 0.29) is 5.69 Å². The van der Waals surface area contributed by atoms with E-state index in [1.54, 1.807) is 12.1 Å². The lowest BCUT2D eigenvalue weighted by atomic mass is 10.0. The van der Waals surface area contributed by atoms with Crippen LogP contribution in [-0.2, 0) is 0 Å². The summed E-state index contributed by atoms with van der Waals surface area (Å²) in [4.78, 5) is 8.52. The summed E-state index contributed by atoms with van der Waals surface area (Å²) in [6.07, 6.45) is -1.41. The first kappa shape index (κ1) is 16.1. The van der Waals surface area contributed by atoms with Crippen molar-refractivity contribution in [2.24, 2.45) is 4.99 Å². The highest BCUT2D eigenvalue weighted by Crippen LogP contribution is 2.20. The number of imidazole rings is 1. The summed E-state index contributed by atoms with van der Waals surface area (Å²) in [5, 5.41) is 4.30. The maximum atomic E-state index is 12.8. The second-order valence-electron chi connectivity index (χ2n) is 5.65. The van der Waals surface area contributed by atoms with E-state index in [9.17, 15) is 8.78 Å². The Labute approximate surface area is 148 Å². The van der Waals surface area contributed by atoms with E-state index in [0.29, 0.717) is 11.5 Å². The number of nitrogens with zero attached hydrogens (tertiary/aromatic N) is 4. The average molecular weight is 348 g/mol. The molecule has 0 atom stereocenters. The van der Waals surface area contributed by atoms with Gasteiger partial charge in [0.25, 0.3) is 6.43 Å². The van der Waals surface area contributed by atoms with Gasteiger partial charge in [-0.05, 0) is 12.1 Å². The van der Waals surface area contributed by atoms with Crippen LogP contribution < -0.4 is 0 Å². The number of rotatable bonds is 4. The predicted molar refractivity (Wildman–Crippen MR) is 96.1 cm³/mol. The van der Waals surface area contributed by atoms with Crippen molar-refractivity contribution in [1.82, 2.24) is 14.6 Å². The topological polar surface area (TPSA) is 42.5 Å². The lowest BCUT2D eigenvalue weighted by Gasteiger charge is -2.07. The quantitative estimate of drug-likeness (QED) is 0.496. The molecule has 0 unspecified atom stereocenters. The van der Waals surface area contributed by atoms with Gasteiger partial charge in [0.15, 0.2) is 11.5 Å². The maximum Gasteiger partial charge on any atom is 0.281 e. The zero-order chi connectivity index (χ0) is 17.9. The van der Waals surface area contributed by atoms with Crippen LogP contribution in [-0.4, -0.2) is 20.3 Å². The highest BCUT2D eigenvalue weighted by Gasteiger charge is 2.13. The Morgan fingerprint density at radius 3 is 2.04 bits per heavy atom. The zero-order valence-corrected chi connectivity index (χ0v) is 13.6. The lowest BCUT2D eigenvalue weighted by Crippen LogP contribution is -2.03. The van der Waals surface area contributed by atoms with E-state index in [2.05, 4.69) is 15.1 Å². The summed E-state index contributed by atoms with van der Waals surface area (Å²) < 4.78 is 27.0. The fourth-order valence-electron chi connectivity index (χ4n) is 2.66. The molecule has 6 heteroatoms. The van der Waals surface area contributed by atoms with Gasteiger partial charge in [-0.15, -0.1) is 5.10 Å². The lowest BCUT2D eigenvalue weighted by molar-refractivity contribution is 0.146. The maximum absolute atomic E-state index is 12.8. The van der Waals surface area contributed by atoms with Crippen LogP contribution in [0.15, 0.2) is 84.0 Å². The summed E-state index contributed by atoms with van der Waals surface area (Å²) in [6.45, 7) is 0. The number of alkyl halides is 2. The summed E-state index contributed by atoms with van der Waals surface area (Å²) in [5.74, 6) is 0.415. The minimum atomic E-state index is -2.63. The molecule has 0 aliphatic carbocycles. The van der Waals surface area contributed by atoms with Gasteiger partial charge in [-0.3, -0.25) is 0 Å². The van der Waals surface area contributed by atoms with Crippen molar-refractivity contribution >= 4 is 17.2 Å².